The Morgan fingerprint density at radius 3 is 2.76 bits per heavy atom. The molecule has 5 nitrogen and oxygen atoms in total. The van der Waals surface area contributed by atoms with Crippen molar-refractivity contribution in [2.45, 2.75) is 13.0 Å². The van der Waals surface area contributed by atoms with Crippen LogP contribution in [0, 0.1) is 0 Å². The summed E-state index contributed by atoms with van der Waals surface area (Å²) in [5, 5.41) is 7.98. The first kappa shape index (κ1) is 20.7. The van der Waals surface area contributed by atoms with E-state index in [9.17, 15) is 4.79 Å². The molecule has 1 amide bonds. The lowest BCUT2D eigenvalue weighted by molar-refractivity contribution is -0.115. The first-order valence-corrected chi connectivity index (χ1v) is 12.1. The van der Waals surface area contributed by atoms with Crippen molar-refractivity contribution >= 4 is 50.2 Å². The van der Waals surface area contributed by atoms with Gasteiger partial charge in [0.15, 0.2) is 0 Å². The zero-order valence-electron chi connectivity index (χ0n) is 16.2. The Bertz CT molecular complexity index is 978. The Kier molecular flexibility index (Phi) is 6.77. The molecule has 1 fully saturated rings. The highest BCUT2D eigenvalue weighted by atomic mass is 79.9. The number of benzene rings is 1. The third kappa shape index (κ3) is 5.73. The third-order valence-electron chi connectivity index (χ3n) is 4.88. The number of nitrogens with one attached hydrogen (secondary N) is 1. The van der Waals surface area contributed by atoms with E-state index in [1.165, 1.54) is 5.56 Å². The van der Waals surface area contributed by atoms with E-state index in [-0.39, 0.29) is 12.3 Å². The molecule has 152 valence electrons. The highest BCUT2D eigenvalue weighted by Gasteiger charge is 2.14. The molecule has 29 heavy (non-hydrogen) atoms. The molecule has 0 aliphatic carbocycles. The minimum atomic E-state index is -0.0362. The van der Waals surface area contributed by atoms with Crippen LogP contribution < -0.4 is 5.32 Å². The highest BCUT2D eigenvalue weighted by Crippen LogP contribution is 2.32. The molecule has 0 unspecified atom stereocenters. The Hall–Kier alpha value is -1.58. The molecule has 3 aromatic rings. The summed E-state index contributed by atoms with van der Waals surface area (Å²) in [6, 6.07) is 10.2. The van der Waals surface area contributed by atoms with Crippen LogP contribution in [0.4, 0.5) is 5.69 Å². The van der Waals surface area contributed by atoms with Crippen LogP contribution in [0.5, 0.6) is 0 Å². The van der Waals surface area contributed by atoms with Crippen molar-refractivity contribution in [2.24, 2.45) is 0 Å². The van der Waals surface area contributed by atoms with Gasteiger partial charge in [0.05, 0.1) is 17.0 Å². The maximum Gasteiger partial charge on any atom is 0.230 e. The van der Waals surface area contributed by atoms with Crippen LogP contribution >= 0.6 is 38.6 Å². The molecule has 0 saturated carbocycles. The summed E-state index contributed by atoms with van der Waals surface area (Å²) >= 11 is 6.69. The van der Waals surface area contributed by atoms with E-state index in [0.717, 1.165) is 58.5 Å². The van der Waals surface area contributed by atoms with E-state index < -0.39 is 0 Å². The lowest BCUT2D eigenvalue weighted by atomic mass is 10.1. The summed E-state index contributed by atoms with van der Waals surface area (Å²) < 4.78 is 1.06. The van der Waals surface area contributed by atoms with Crippen LogP contribution in [0.25, 0.3) is 9.88 Å². The predicted octanol–water partition coefficient (Wildman–Crippen LogP) is 4.56. The number of piperazine rings is 1. The highest BCUT2D eigenvalue weighted by molar-refractivity contribution is 9.10. The van der Waals surface area contributed by atoms with Crippen molar-refractivity contribution in [3.63, 3.8) is 0 Å². The second-order valence-electron chi connectivity index (χ2n) is 7.28. The van der Waals surface area contributed by atoms with Crippen molar-refractivity contribution in [3.8, 4) is 9.88 Å². The number of halogens is 1. The van der Waals surface area contributed by atoms with Gasteiger partial charge in [0.2, 0.25) is 5.91 Å². The Labute approximate surface area is 187 Å². The quantitative estimate of drug-likeness (QED) is 0.549. The number of nitrogens with zero attached hydrogens (tertiary/aromatic N) is 3. The normalized spacial score (nSPS) is 15.5. The van der Waals surface area contributed by atoms with Crippen LogP contribution in [0.3, 0.4) is 0 Å². The van der Waals surface area contributed by atoms with E-state index >= 15 is 0 Å². The number of carbonyl (C=O) groups excluding carboxylic acids is 1. The SMILES string of the molecule is CN1CCN(Cc2cccc(NC(=O)Cc3csc(-c4cc(Br)cs4)n3)c2)CC1. The number of amides is 1. The average molecular weight is 491 g/mol. The predicted molar refractivity (Wildman–Crippen MR) is 125 cm³/mol. The first-order chi connectivity index (χ1) is 14.0. The van der Waals surface area contributed by atoms with Gasteiger partial charge in [-0.1, -0.05) is 12.1 Å². The van der Waals surface area contributed by atoms with E-state index in [1.807, 2.05) is 22.9 Å². The smallest absolute Gasteiger partial charge is 0.230 e. The summed E-state index contributed by atoms with van der Waals surface area (Å²) in [5.74, 6) is -0.0362. The largest absolute Gasteiger partial charge is 0.326 e. The third-order valence-corrected chi connectivity index (χ3v) is 7.64. The van der Waals surface area contributed by atoms with E-state index in [1.54, 1.807) is 22.7 Å². The number of thiophene rings is 1. The van der Waals surface area contributed by atoms with E-state index in [4.69, 9.17) is 0 Å². The fraction of sp³-hybridized carbons (Fsp3) is 0.333. The van der Waals surface area contributed by atoms with Gasteiger partial charge < -0.3 is 10.2 Å². The van der Waals surface area contributed by atoms with Gasteiger partial charge in [0.1, 0.15) is 5.01 Å². The van der Waals surface area contributed by atoms with Crippen molar-refractivity contribution in [1.82, 2.24) is 14.8 Å². The minimum Gasteiger partial charge on any atom is -0.326 e. The van der Waals surface area contributed by atoms with Crippen molar-refractivity contribution < 1.29 is 4.79 Å². The van der Waals surface area contributed by atoms with Gasteiger partial charge in [-0.15, -0.1) is 22.7 Å². The van der Waals surface area contributed by atoms with Crippen molar-refractivity contribution in [3.05, 3.63) is 56.8 Å². The summed E-state index contributed by atoms with van der Waals surface area (Å²) in [6.45, 7) is 5.30. The molecule has 1 aliphatic heterocycles. The topological polar surface area (TPSA) is 48.5 Å². The lowest BCUT2D eigenvalue weighted by Crippen LogP contribution is -2.43. The molecule has 0 radical (unpaired) electrons. The Morgan fingerprint density at radius 1 is 1.17 bits per heavy atom. The molecule has 1 saturated heterocycles. The number of likely N-dealkylation sites (N-methyl/N-ethyl adjacent to an activating group) is 1. The molecule has 4 rings (SSSR count). The number of aromatic nitrogens is 1. The fourth-order valence-corrected chi connectivity index (χ4v) is 5.64. The zero-order valence-corrected chi connectivity index (χ0v) is 19.4. The average Bonchev–Trinajstić information content (AvgIpc) is 3.33. The number of anilines is 1. The van der Waals surface area contributed by atoms with Gasteiger partial charge in [-0.3, -0.25) is 9.69 Å². The second-order valence-corrected chi connectivity index (χ2v) is 9.96. The summed E-state index contributed by atoms with van der Waals surface area (Å²) in [5.41, 5.74) is 2.88. The van der Waals surface area contributed by atoms with Crippen LogP contribution in [0.2, 0.25) is 0 Å². The molecule has 8 heteroatoms. The van der Waals surface area contributed by atoms with Crippen molar-refractivity contribution in [2.75, 3.05) is 38.5 Å². The summed E-state index contributed by atoms with van der Waals surface area (Å²) in [4.78, 5) is 23.0. The number of rotatable bonds is 6. The zero-order chi connectivity index (χ0) is 20.2. The van der Waals surface area contributed by atoms with Gasteiger partial charge >= 0.3 is 0 Å². The number of hydrogen-bond acceptors (Lipinski definition) is 6. The fourth-order valence-electron chi connectivity index (χ4n) is 3.31. The Morgan fingerprint density at radius 2 is 2.00 bits per heavy atom. The first-order valence-electron chi connectivity index (χ1n) is 9.54. The van der Waals surface area contributed by atoms with Gasteiger partial charge in [0.25, 0.3) is 0 Å². The van der Waals surface area contributed by atoms with Crippen LogP contribution in [0.1, 0.15) is 11.3 Å². The molecule has 3 heterocycles. The summed E-state index contributed by atoms with van der Waals surface area (Å²) in [6.07, 6.45) is 0.283. The monoisotopic (exact) mass is 490 g/mol. The number of thiazole rings is 1. The van der Waals surface area contributed by atoms with E-state index in [0.29, 0.717) is 0 Å². The Balaban J connectivity index is 1.33. The van der Waals surface area contributed by atoms with Gasteiger partial charge in [-0.05, 0) is 46.7 Å². The lowest BCUT2D eigenvalue weighted by Gasteiger charge is -2.32. The maximum atomic E-state index is 12.5. The molecule has 0 bridgehead atoms. The molecule has 1 aromatic carbocycles. The molecular weight excluding hydrogens is 468 g/mol. The standard InChI is InChI=1S/C21H23BrN4OS2/c1-25-5-7-26(8-6-25)12-15-3-2-4-17(9-15)23-20(27)11-18-14-29-21(24-18)19-10-16(22)13-28-19/h2-4,9-10,13-14H,5-8,11-12H2,1H3,(H,23,27). The molecule has 1 aliphatic rings. The maximum absolute atomic E-state index is 12.5. The van der Waals surface area contributed by atoms with Gasteiger partial charge in [-0.25, -0.2) is 4.98 Å². The second kappa shape index (κ2) is 9.49. The molecule has 1 N–H and O–H groups in total. The van der Waals surface area contributed by atoms with Crippen molar-refractivity contribution in [1.29, 1.82) is 0 Å². The van der Waals surface area contributed by atoms with Crippen LogP contribution in [0.15, 0.2) is 45.6 Å². The van der Waals surface area contributed by atoms with Gasteiger partial charge in [0, 0.05) is 53.6 Å². The molecular formula is C21H23BrN4OS2. The molecule has 0 atom stereocenters. The van der Waals surface area contributed by atoms with Gasteiger partial charge in [-0.2, -0.15) is 0 Å². The van der Waals surface area contributed by atoms with E-state index in [2.05, 4.69) is 61.3 Å². The van der Waals surface area contributed by atoms with Crippen LogP contribution in [-0.4, -0.2) is 53.9 Å². The minimum absolute atomic E-state index is 0.0362. The summed E-state index contributed by atoms with van der Waals surface area (Å²) in [7, 11) is 2.16. The number of hydrogen-bond donors (Lipinski definition) is 1. The molecule has 0 spiro atoms. The van der Waals surface area contributed by atoms with Crippen LogP contribution in [-0.2, 0) is 17.8 Å². The molecule has 2 aromatic heterocycles. The number of carbonyl (C=O) groups is 1.